The van der Waals surface area contributed by atoms with Crippen molar-refractivity contribution < 1.29 is 17.8 Å². The molecule has 2 rings (SSSR count). The normalized spacial score (nSPS) is 11.3. The predicted octanol–water partition coefficient (Wildman–Crippen LogP) is -0.140. The molecule has 0 bridgehead atoms. The maximum atomic E-state index is 11.9. The van der Waals surface area contributed by atoms with Crippen LogP contribution < -0.4 is 16.2 Å². The first-order valence-electron chi connectivity index (χ1n) is 5.32. The maximum Gasteiger partial charge on any atom is 0.281 e. The Morgan fingerprint density at radius 1 is 1.35 bits per heavy atom. The number of benzene rings is 1. The van der Waals surface area contributed by atoms with Gasteiger partial charge in [-0.2, -0.15) is 0 Å². The molecule has 0 saturated carbocycles. The van der Waals surface area contributed by atoms with Gasteiger partial charge in [0.15, 0.2) is 0 Å². The number of sulfonamides is 1. The molecule has 1 aromatic heterocycles. The summed E-state index contributed by atoms with van der Waals surface area (Å²) in [6.45, 7) is 1.69. The van der Waals surface area contributed by atoms with Gasteiger partial charge in [0.25, 0.3) is 5.91 Å². The molecule has 20 heavy (non-hydrogen) atoms. The van der Waals surface area contributed by atoms with Gasteiger partial charge in [0.05, 0.1) is 4.90 Å². The van der Waals surface area contributed by atoms with Crippen molar-refractivity contribution in [3.05, 3.63) is 29.5 Å². The summed E-state index contributed by atoms with van der Waals surface area (Å²) in [5.74, 6) is -0.832. The molecule has 0 aliphatic rings. The second-order valence-electron chi connectivity index (χ2n) is 3.97. The molecule has 0 aliphatic carbocycles. The van der Waals surface area contributed by atoms with Crippen molar-refractivity contribution in [2.45, 2.75) is 11.8 Å². The predicted molar refractivity (Wildman–Crippen MR) is 69.2 cm³/mol. The fourth-order valence-electron chi connectivity index (χ4n) is 1.45. The molecule has 2 aromatic rings. The zero-order valence-electron chi connectivity index (χ0n) is 10.3. The van der Waals surface area contributed by atoms with Gasteiger partial charge < -0.3 is 11.1 Å². The molecule has 10 heteroatoms. The Kier molecular flexibility index (Phi) is 3.42. The van der Waals surface area contributed by atoms with Crippen molar-refractivity contribution in [3.8, 4) is 0 Å². The van der Waals surface area contributed by atoms with E-state index in [1.165, 1.54) is 18.2 Å². The van der Waals surface area contributed by atoms with E-state index in [1.54, 1.807) is 6.92 Å². The molecule has 9 nitrogen and oxygen atoms in total. The monoisotopic (exact) mass is 297 g/mol. The second-order valence-corrected chi connectivity index (χ2v) is 5.54. The Morgan fingerprint density at radius 3 is 2.60 bits per heavy atom. The highest BCUT2D eigenvalue weighted by Gasteiger charge is 2.18. The van der Waals surface area contributed by atoms with Crippen molar-refractivity contribution >= 4 is 27.4 Å². The van der Waals surface area contributed by atoms with E-state index in [-0.39, 0.29) is 22.1 Å². The standard InChI is InChI=1S/C10H11N5O4S/c1-5-2-3-6(20(12,17)18)4-7(5)13-10(16)8-9(11)15-19-14-8/h2-4H,1H3,(H2,11,15)(H,13,16)(H2,12,17,18). The lowest BCUT2D eigenvalue weighted by atomic mass is 10.2. The smallest absolute Gasteiger partial charge is 0.281 e. The lowest BCUT2D eigenvalue weighted by Gasteiger charge is -2.08. The third kappa shape index (κ3) is 2.75. The quantitative estimate of drug-likeness (QED) is 0.712. The van der Waals surface area contributed by atoms with Gasteiger partial charge in [0.1, 0.15) is 0 Å². The summed E-state index contributed by atoms with van der Waals surface area (Å²) in [6.07, 6.45) is 0. The number of nitrogens with two attached hydrogens (primary N) is 2. The molecule has 0 aliphatic heterocycles. The van der Waals surface area contributed by atoms with Gasteiger partial charge in [0.2, 0.25) is 21.5 Å². The number of primary sulfonamides is 1. The Morgan fingerprint density at radius 2 is 2.05 bits per heavy atom. The Bertz CT molecular complexity index is 768. The van der Waals surface area contributed by atoms with Crippen LogP contribution in [0.5, 0.6) is 0 Å². The first kappa shape index (κ1) is 14.0. The van der Waals surface area contributed by atoms with Crippen LogP contribution in [0.15, 0.2) is 27.7 Å². The number of hydrogen-bond acceptors (Lipinski definition) is 7. The lowest BCUT2D eigenvalue weighted by Crippen LogP contribution is -2.17. The van der Waals surface area contributed by atoms with Crippen LogP contribution in [-0.2, 0) is 10.0 Å². The summed E-state index contributed by atoms with van der Waals surface area (Å²) in [6, 6.07) is 4.10. The number of rotatable bonds is 3. The van der Waals surface area contributed by atoms with Crippen LogP contribution in [0.4, 0.5) is 11.5 Å². The van der Waals surface area contributed by atoms with E-state index < -0.39 is 15.9 Å². The molecule has 0 atom stereocenters. The molecular weight excluding hydrogens is 286 g/mol. The Balaban J connectivity index is 2.34. The third-order valence-electron chi connectivity index (χ3n) is 2.51. The van der Waals surface area contributed by atoms with Crippen molar-refractivity contribution in [1.82, 2.24) is 10.3 Å². The molecule has 1 heterocycles. The molecule has 0 unspecified atom stereocenters. The number of nitrogens with zero attached hydrogens (tertiary/aromatic N) is 2. The number of carbonyl (C=O) groups excluding carboxylic acids is 1. The maximum absolute atomic E-state index is 11.9. The number of nitrogens with one attached hydrogen (secondary N) is 1. The van der Waals surface area contributed by atoms with Gasteiger partial charge in [0, 0.05) is 5.69 Å². The number of aromatic nitrogens is 2. The molecule has 0 fully saturated rings. The summed E-state index contributed by atoms with van der Waals surface area (Å²) >= 11 is 0. The van der Waals surface area contributed by atoms with Crippen molar-refractivity contribution in [1.29, 1.82) is 0 Å². The molecular formula is C10H11N5O4S. The Labute approximate surface area is 114 Å². The highest BCUT2D eigenvalue weighted by molar-refractivity contribution is 7.89. The molecule has 0 radical (unpaired) electrons. The molecule has 0 saturated heterocycles. The van der Waals surface area contributed by atoms with Crippen LogP contribution in [0.25, 0.3) is 0 Å². The summed E-state index contributed by atoms with van der Waals surface area (Å²) in [4.78, 5) is 11.8. The minimum atomic E-state index is -3.86. The largest absolute Gasteiger partial charge is 0.379 e. The van der Waals surface area contributed by atoms with E-state index in [2.05, 4.69) is 20.3 Å². The summed E-state index contributed by atoms with van der Waals surface area (Å²) in [7, 11) is -3.86. The molecule has 5 N–H and O–H groups in total. The average Bonchev–Trinajstić information content (AvgIpc) is 2.77. The van der Waals surface area contributed by atoms with Crippen molar-refractivity contribution in [3.63, 3.8) is 0 Å². The first-order chi connectivity index (χ1) is 9.29. The number of nitrogen functional groups attached to an aromatic ring is 1. The summed E-state index contributed by atoms with van der Waals surface area (Å²) in [5, 5.41) is 14.1. The molecule has 106 valence electrons. The SMILES string of the molecule is Cc1ccc(S(N)(=O)=O)cc1NC(=O)c1nonc1N. The van der Waals surface area contributed by atoms with Crippen LogP contribution >= 0.6 is 0 Å². The molecule has 1 aromatic carbocycles. The van der Waals surface area contributed by atoms with Crippen LogP contribution in [0, 0.1) is 6.92 Å². The number of hydrogen-bond donors (Lipinski definition) is 3. The van der Waals surface area contributed by atoms with E-state index in [0.29, 0.717) is 5.56 Å². The minimum absolute atomic E-state index is 0.121. The van der Waals surface area contributed by atoms with Crippen LogP contribution in [0.3, 0.4) is 0 Å². The van der Waals surface area contributed by atoms with E-state index in [1.807, 2.05) is 0 Å². The van der Waals surface area contributed by atoms with Crippen LogP contribution in [0.2, 0.25) is 0 Å². The second kappa shape index (κ2) is 4.90. The number of aryl methyl sites for hydroxylation is 1. The number of carbonyl (C=O) groups is 1. The fraction of sp³-hybridized carbons (Fsp3) is 0.100. The van der Waals surface area contributed by atoms with Gasteiger partial charge in [-0.25, -0.2) is 18.2 Å². The third-order valence-corrected chi connectivity index (χ3v) is 3.43. The van der Waals surface area contributed by atoms with Gasteiger partial charge >= 0.3 is 0 Å². The number of amides is 1. The lowest BCUT2D eigenvalue weighted by molar-refractivity contribution is 0.101. The van der Waals surface area contributed by atoms with Crippen LogP contribution in [0.1, 0.15) is 16.1 Å². The molecule has 1 amide bonds. The van der Waals surface area contributed by atoms with Gasteiger partial charge in [-0.1, -0.05) is 6.07 Å². The first-order valence-corrected chi connectivity index (χ1v) is 6.86. The van der Waals surface area contributed by atoms with E-state index in [9.17, 15) is 13.2 Å². The molecule has 0 spiro atoms. The fourth-order valence-corrected chi connectivity index (χ4v) is 1.99. The van der Waals surface area contributed by atoms with Crippen molar-refractivity contribution in [2.24, 2.45) is 5.14 Å². The zero-order valence-corrected chi connectivity index (χ0v) is 11.1. The van der Waals surface area contributed by atoms with E-state index in [4.69, 9.17) is 10.9 Å². The summed E-state index contributed by atoms with van der Waals surface area (Å²) in [5.41, 5.74) is 6.11. The van der Waals surface area contributed by atoms with E-state index >= 15 is 0 Å². The zero-order chi connectivity index (χ0) is 14.9. The average molecular weight is 297 g/mol. The summed E-state index contributed by atoms with van der Waals surface area (Å²) < 4.78 is 26.9. The highest BCUT2D eigenvalue weighted by atomic mass is 32.2. The van der Waals surface area contributed by atoms with Gasteiger partial charge in [-0.3, -0.25) is 4.79 Å². The number of anilines is 2. The minimum Gasteiger partial charge on any atom is -0.379 e. The highest BCUT2D eigenvalue weighted by Crippen LogP contribution is 2.20. The van der Waals surface area contributed by atoms with Gasteiger partial charge in [-0.05, 0) is 34.9 Å². The van der Waals surface area contributed by atoms with E-state index in [0.717, 1.165) is 0 Å². The van der Waals surface area contributed by atoms with Crippen molar-refractivity contribution in [2.75, 3.05) is 11.1 Å². The Hall–Kier alpha value is -2.46. The topological polar surface area (TPSA) is 154 Å². The van der Waals surface area contributed by atoms with Crippen LogP contribution in [-0.4, -0.2) is 24.6 Å². The van der Waals surface area contributed by atoms with Gasteiger partial charge in [-0.15, -0.1) is 0 Å².